The van der Waals surface area contributed by atoms with Gasteiger partial charge in [-0.1, -0.05) is 0 Å². The molecule has 2 fully saturated rings. The van der Waals surface area contributed by atoms with Gasteiger partial charge < -0.3 is 9.64 Å². The van der Waals surface area contributed by atoms with Crippen molar-refractivity contribution in [1.29, 1.82) is 0 Å². The fraction of sp³-hybridized carbons (Fsp3) is 0.500. The van der Waals surface area contributed by atoms with E-state index in [9.17, 15) is 0 Å². The summed E-state index contributed by atoms with van der Waals surface area (Å²) in [6, 6.07) is 5.21. The van der Waals surface area contributed by atoms with Gasteiger partial charge in [-0.15, -0.1) is 0 Å². The number of rotatable bonds is 6. The summed E-state index contributed by atoms with van der Waals surface area (Å²) >= 11 is 3.50. The molecule has 0 radical (unpaired) electrons. The minimum absolute atomic E-state index is 0.493. The number of ether oxygens (including phenoxy) is 1. The van der Waals surface area contributed by atoms with Crippen LogP contribution in [-0.2, 0) is 6.54 Å². The van der Waals surface area contributed by atoms with Crippen molar-refractivity contribution in [3.8, 4) is 5.88 Å². The number of aromatic nitrogens is 3. The van der Waals surface area contributed by atoms with E-state index in [2.05, 4.69) is 46.7 Å². The Morgan fingerprint density at radius 2 is 2.08 bits per heavy atom. The standard InChI is InChI=1S/C18H22BrN5O/c1-25-18-7-17(21-12-22-18)24(15-2-3-15)16-4-5-23(11-16)10-13-6-14(19)9-20-8-13/h6-9,12,15-16H,2-5,10-11H2,1H3. The van der Waals surface area contributed by atoms with E-state index in [4.69, 9.17) is 4.74 Å². The molecule has 0 bridgehead atoms. The molecule has 1 saturated carbocycles. The summed E-state index contributed by atoms with van der Waals surface area (Å²) in [7, 11) is 1.65. The Labute approximate surface area is 156 Å². The summed E-state index contributed by atoms with van der Waals surface area (Å²) in [5, 5.41) is 0. The molecule has 2 aromatic heterocycles. The van der Waals surface area contributed by atoms with E-state index in [0.717, 1.165) is 36.3 Å². The van der Waals surface area contributed by atoms with Crippen LogP contribution in [0.4, 0.5) is 5.82 Å². The second kappa shape index (κ2) is 7.25. The molecule has 0 amide bonds. The van der Waals surface area contributed by atoms with Gasteiger partial charge in [0.1, 0.15) is 12.1 Å². The van der Waals surface area contributed by atoms with Gasteiger partial charge in [0.2, 0.25) is 5.88 Å². The molecule has 3 heterocycles. The number of likely N-dealkylation sites (tertiary alicyclic amines) is 1. The van der Waals surface area contributed by atoms with Gasteiger partial charge in [0.05, 0.1) is 7.11 Å². The Morgan fingerprint density at radius 1 is 1.20 bits per heavy atom. The highest BCUT2D eigenvalue weighted by Crippen LogP contribution is 2.35. The van der Waals surface area contributed by atoms with Crippen molar-refractivity contribution < 1.29 is 4.74 Å². The maximum Gasteiger partial charge on any atom is 0.218 e. The molecular weight excluding hydrogens is 382 g/mol. The zero-order valence-electron chi connectivity index (χ0n) is 14.3. The molecule has 1 aliphatic carbocycles. The molecule has 25 heavy (non-hydrogen) atoms. The summed E-state index contributed by atoms with van der Waals surface area (Å²) in [6.45, 7) is 3.09. The lowest BCUT2D eigenvalue weighted by Gasteiger charge is -2.30. The minimum Gasteiger partial charge on any atom is -0.481 e. The molecule has 4 rings (SSSR count). The lowest BCUT2D eigenvalue weighted by molar-refractivity contribution is 0.324. The number of pyridine rings is 1. The fourth-order valence-corrected chi connectivity index (χ4v) is 4.00. The molecule has 7 heteroatoms. The molecule has 1 saturated heterocycles. The van der Waals surface area contributed by atoms with E-state index in [-0.39, 0.29) is 0 Å². The maximum atomic E-state index is 5.28. The van der Waals surface area contributed by atoms with Crippen molar-refractivity contribution in [2.45, 2.75) is 37.9 Å². The van der Waals surface area contributed by atoms with Crippen molar-refractivity contribution >= 4 is 21.7 Å². The summed E-state index contributed by atoms with van der Waals surface area (Å²) in [5.41, 5.74) is 1.25. The number of anilines is 1. The van der Waals surface area contributed by atoms with Gasteiger partial charge in [0, 0.05) is 54.7 Å². The molecule has 1 aliphatic heterocycles. The molecule has 0 N–H and O–H groups in total. The third kappa shape index (κ3) is 3.93. The first kappa shape index (κ1) is 16.7. The van der Waals surface area contributed by atoms with Crippen LogP contribution in [0.25, 0.3) is 0 Å². The second-order valence-corrected chi connectivity index (χ2v) is 7.66. The third-order valence-electron chi connectivity index (χ3n) is 4.85. The van der Waals surface area contributed by atoms with Gasteiger partial charge in [0.25, 0.3) is 0 Å². The Balaban J connectivity index is 1.46. The quantitative estimate of drug-likeness (QED) is 0.738. The van der Waals surface area contributed by atoms with E-state index >= 15 is 0 Å². The molecular formula is C18H22BrN5O. The molecule has 2 aromatic rings. The van der Waals surface area contributed by atoms with Crippen LogP contribution in [0.1, 0.15) is 24.8 Å². The molecule has 2 aliphatic rings. The summed E-state index contributed by atoms with van der Waals surface area (Å²) in [4.78, 5) is 17.9. The first-order valence-corrected chi connectivity index (χ1v) is 9.48. The molecule has 0 spiro atoms. The van der Waals surface area contributed by atoms with Crippen molar-refractivity contribution in [2.24, 2.45) is 0 Å². The van der Waals surface area contributed by atoms with Crippen LogP contribution >= 0.6 is 15.9 Å². The first-order valence-electron chi connectivity index (χ1n) is 8.69. The normalized spacial score (nSPS) is 20.6. The van der Waals surface area contributed by atoms with Crippen molar-refractivity contribution in [3.63, 3.8) is 0 Å². The highest BCUT2D eigenvalue weighted by atomic mass is 79.9. The van der Waals surface area contributed by atoms with Gasteiger partial charge in [-0.2, -0.15) is 0 Å². The molecule has 1 atom stereocenters. The van der Waals surface area contributed by atoms with Gasteiger partial charge in [-0.05, 0) is 46.8 Å². The van der Waals surface area contributed by atoms with Crippen LogP contribution in [-0.4, -0.2) is 52.1 Å². The predicted molar refractivity (Wildman–Crippen MR) is 99.7 cm³/mol. The monoisotopic (exact) mass is 403 g/mol. The van der Waals surface area contributed by atoms with E-state index in [0.29, 0.717) is 18.0 Å². The maximum absolute atomic E-state index is 5.28. The lowest BCUT2D eigenvalue weighted by atomic mass is 10.2. The number of nitrogens with zero attached hydrogens (tertiary/aromatic N) is 5. The van der Waals surface area contributed by atoms with Gasteiger partial charge >= 0.3 is 0 Å². The minimum atomic E-state index is 0.493. The van der Waals surface area contributed by atoms with E-state index in [1.165, 1.54) is 18.4 Å². The Bertz CT molecular complexity index is 739. The third-order valence-corrected chi connectivity index (χ3v) is 5.28. The molecule has 6 nitrogen and oxygen atoms in total. The van der Waals surface area contributed by atoms with Gasteiger partial charge in [0.15, 0.2) is 0 Å². The smallest absolute Gasteiger partial charge is 0.218 e. The number of halogens is 1. The highest BCUT2D eigenvalue weighted by molar-refractivity contribution is 9.10. The molecule has 1 unspecified atom stereocenters. The number of methoxy groups -OCH3 is 1. The van der Waals surface area contributed by atoms with Crippen LogP contribution in [0.5, 0.6) is 5.88 Å². The summed E-state index contributed by atoms with van der Waals surface area (Å²) < 4.78 is 6.32. The van der Waals surface area contributed by atoms with Gasteiger partial charge in [-0.3, -0.25) is 9.88 Å². The van der Waals surface area contributed by atoms with E-state index in [1.54, 1.807) is 13.4 Å². The first-order chi connectivity index (χ1) is 12.2. The Hall–Kier alpha value is -1.73. The van der Waals surface area contributed by atoms with Crippen LogP contribution in [0.15, 0.2) is 35.3 Å². The predicted octanol–water partition coefficient (Wildman–Crippen LogP) is 2.89. The van der Waals surface area contributed by atoms with Crippen molar-refractivity contribution in [1.82, 2.24) is 19.9 Å². The van der Waals surface area contributed by atoms with Crippen molar-refractivity contribution in [2.75, 3.05) is 25.1 Å². The topological polar surface area (TPSA) is 54.4 Å². The zero-order chi connectivity index (χ0) is 17.2. The van der Waals surface area contributed by atoms with Crippen LogP contribution in [0, 0.1) is 0 Å². The van der Waals surface area contributed by atoms with Gasteiger partial charge in [-0.25, -0.2) is 9.97 Å². The number of hydrogen-bond donors (Lipinski definition) is 0. The van der Waals surface area contributed by atoms with Crippen LogP contribution in [0.3, 0.4) is 0 Å². The average molecular weight is 404 g/mol. The summed E-state index contributed by atoms with van der Waals surface area (Å²) in [6.07, 6.45) is 9.03. The fourth-order valence-electron chi connectivity index (χ4n) is 3.59. The van der Waals surface area contributed by atoms with Crippen molar-refractivity contribution in [3.05, 3.63) is 40.9 Å². The average Bonchev–Trinajstić information content (AvgIpc) is 3.35. The summed E-state index contributed by atoms with van der Waals surface area (Å²) in [5.74, 6) is 1.62. The molecule has 132 valence electrons. The number of hydrogen-bond acceptors (Lipinski definition) is 6. The van der Waals surface area contributed by atoms with E-state index in [1.807, 2.05) is 18.5 Å². The Morgan fingerprint density at radius 3 is 2.84 bits per heavy atom. The van der Waals surface area contributed by atoms with E-state index < -0.39 is 0 Å². The lowest BCUT2D eigenvalue weighted by Crippen LogP contribution is -2.39. The van der Waals surface area contributed by atoms with Crippen LogP contribution < -0.4 is 9.64 Å². The van der Waals surface area contributed by atoms with Crippen LogP contribution in [0.2, 0.25) is 0 Å². The SMILES string of the molecule is COc1cc(N(C2CC2)C2CCN(Cc3cncc(Br)c3)C2)ncn1. The second-order valence-electron chi connectivity index (χ2n) is 6.75. The Kier molecular flexibility index (Phi) is 4.85. The zero-order valence-corrected chi connectivity index (χ0v) is 15.9. The largest absolute Gasteiger partial charge is 0.481 e. The highest BCUT2D eigenvalue weighted by Gasteiger charge is 2.38. The molecule has 0 aromatic carbocycles.